The van der Waals surface area contributed by atoms with Crippen molar-refractivity contribution in [2.24, 2.45) is 4.99 Å². The van der Waals surface area contributed by atoms with Crippen LogP contribution < -0.4 is 0 Å². The summed E-state index contributed by atoms with van der Waals surface area (Å²) in [7, 11) is 0. The molecule has 0 spiro atoms. The molecule has 4 heteroatoms. The van der Waals surface area contributed by atoms with Crippen molar-refractivity contribution in [1.82, 2.24) is 4.57 Å². The standard InChI is InChI=1S/C61H36N2S2/c1-36-45(37-13-3-2-4-14-37)24-25-53(62-61(36)44-23-26-58-49(30-44)46-21-11-12-22-57(46)64-58)52-34-51-50-29-40-17-7-10-20-43(40)33-59(50)65-60(51)35-56(52)63-54-31-41-18-8-5-15-38(41)27-47(54)48-28-39-16-6-9-19-42(39)32-55(48)63/h2-23,25-35,61H,1H2/t61-/m1/s1. The summed E-state index contributed by atoms with van der Waals surface area (Å²) in [6.07, 6.45) is 2.12. The lowest BCUT2D eigenvalue weighted by Gasteiger charge is -2.19. The third kappa shape index (κ3) is 5.69. The Labute approximate surface area is 382 Å². The van der Waals surface area contributed by atoms with Gasteiger partial charge in [-0.25, -0.2) is 0 Å². The van der Waals surface area contributed by atoms with Crippen molar-refractivity contribution in [2.45, 2.75) is 6.04 Å². The minimum Gasteiger partial charge on any atom is -0.308 e. The number of nitrogens with zero attached hydrogens (tertiary/aromatic N) is 2. The maximum atomic E-state index is 5.87. The van der Waals surface area contributed by atoms with Gasteiger partial charge in [-0.3, -0.25) is 4.99 Å². The molecule has 0 bridgehead atoms. The molecule has 2 nitrogen and oxygen atoms in total. The van der Waals surface area contributed by atoms with Gasteiger partial charge in [0.2, 0.25) is 0 Å². The molecule has 0 radical (unpaired) electrons. The maximum Gasteiger partial charge on any atom is 0.101 e. The van der Waals surface area contributed by atoms with Crippen LogP contribution in [0.15, 0.2) is 223 Å². The van der Waals surface area contributed by atoms with Gasteiger partial charge < -0.3 is 4.57 Å². The number of aliphatic imine (C=N–C) groups is 1. The number of aromatic nitrogens is 1. The minimum atomic E-state index is -0.368. The van der Waals surface area contributed by atoms with E-state index in [1.54, 1.807) is 0 Å². The van der Waals surface area contributed by atoms with Crippen LogP contribution in [0.4, 0.5) is 0 Å². The monoisotopic (exact) mass is 860 g/mol. The van der Waals surface area contributed by atoms with E-state index >= 15 is 0 Å². The summed E-state index contributed by atoms with van der Waals surface area (Å²) in [5, 5.41) is 14.8. The van der Waals surface area contributed by atoms with Crippen LogP contribution in [0.5, 0.6) is 0 Å². The van der Waals surface area contributed by atoms with Gasteiger partial charge in [0.05, 0.1) is 22.4 Å². The molecular weight excluding hydrogens is 825 g/mol. The predicted molar refractivity (Wildman–Crippen MR) is 282 cm³/mol. The maximum absolute atomic E-state index is 5.87. The van der Waals surface area contributed by atoms with E-state index in [-0.39, 0.29) is 6.04 Å². The lowest BCUT2D eigenvalue weighted by Crippen LogP contribution is -2.08. The molecule has 1 aliphatic heterocycles. The van der Waals surface area contributed by atoms with Crippen molar-refractivity contribution in [3.05, 3.63) is 235 Å². The first-order valence-electron chi connectivity index (χ1n) is 22.1. The first-order valence-corrected chi connectivity index (χ1v) is 23.7. The number of hydrogen-bond donors (Lipinski definition) is 0. The molecule has 0 aliphatic carbocycles. The van der Waals surface area contributed by atoms with Crippen LogP contribution in [0.1, 0.15) is 22.7 Å². The second kappa shape index (κ2) is 14.1. The Morgan fingerprint density at radius 2 is 0.969 bits per heavy atom. The van der Waals surface area contributed by atoms with Crippen LogP contribution in [0.25, 0.3) is 106 Å². The molecular formula is C61H36N2S2. The highest BCUT2D eigenvalue weighted by molar-refractivity contribution is 7.26. The van der Waals surface area contributed by atoms with E-state index in [4.69, 9.17) is 11.6 Å². The van der Waals surface area contributed by atoms with E-state index in [1.165, 1.54) is 83.4 Å². The van der Waals surface area contributed by atoms with Gasteiger partial charge in [0.25, 0.3) is 0 Å². The predicted octanol–water partition coefficient (Wildman–Crippen LogP) is 17.3. The zero-order chi connectivity index (χ0) is 42.8. The fraction of sp³-hybridized carbons (Fsp3) is 0.0164. The number of hydrogen-bond acceptors (Lipinski definition) is 3. The van der Waals surface area contributed by atoms with E-state index < -0.39 is 0 Å². The molecule has 0 unspecified atom stereocenters. The second-order valence-electron chi connectivity index (χ2n) is 17.3. The number of benzene rings is 10. The highest BCUT2D eigenvalue weighted by Crippen LogP contribution is 2.45. The van der Waals surface area contributed by atoms with E-state index in [1.807, 2.05) is 22.7 Å². The summed E-state index contributed by atoms with van der Waals surface area (Å²) in [6, 6.07) is 71.0. The molecule has 302 valence electrons. The van der Waals surface area contributed by atoms with Crippen molar-refractivity contribution in [1.29, 1.82) is 0 Å². The van der Waals surface area contributed by atoms with Gasteiger partial charge in [0.15, 0.2) is 0 Å². The summed E-state index contributed by atoms with van der Waals surface area (Å²) >= 11 is 3.70. The fourth-order valence-electron chi connectivity index (χ4n) is 10.4. The molecule has 0 amide bonds. The number of thiophene rings is 2. The van der Waals surface area contributed by atoms with Crippen LogP contribution in [-0.4, -0.2) is 10.3 Å². The van der Waals surface area contributed by atoms with Gasteiger partial charge in [-0.1, -0.05) is 134 Å². The Hall–Kier alpha value is -7.85. The van der Waals surface area contributed by atoms with Gasteiger partial charge in [0, 0.05) is 68.3 Å². The van der Waals surface area contributed by atoms with E-state index in [0.717, 1.165) is 50.3 Å². The van der Waals surface area contributed by atoms with Gasteiger partial charge in [-0.15, -0.1) is 28.4 Å². The van der Waals surface area contributed by atoms with Crippen LogP contribution in [-0.2, 0) is 0 Å². The largest absolute Gasteiger partial charge is 0.308 e. The van der Waals surface area contributed by atoms with Crippen LogP contribution in [0.2, 0.25) is 0 Å². The topological polar surface area (TPSA) is 17.3 Å². The third-order valence-electron chi connectivity index (χ3n) is 13.5. The molecule has 3 aromatic heterocycles. The molecule has 13 aromatic rings. The number of rotatable bonds is 4. The Bertz CT molecular complexity index is 4210. The van der Waals surface area contributed by atoms with E-state index in [2.05, 4.69) is 210 Å². The molecule has 4 heterocycles. The summed E-state index contributed by atoms with van der Waals surface area (Å²) in [4.78, 5) is 5.87. The Morgan fingerprint density at radius 1 is 0.446 bits per heavy atom. The smallest absolute Gasteiger partial charge is 0.101 e. The molecule has 0 fully saturated rings. The summed E-state index contributed by atoms with van der Waals surface area (Å²) in [6.45, 7) is 4.84. The van der Waals surface area contributed by atoms with Gasteiger partial charge in [0.1, 0.15) is 6.04 Å². The quantitative estimate of drug-likeness (QED) is 0.157. The third-order valence-corrected chi connectivity index (χ3v) is 15.8. The van der Waals surface area contributed by atoms with E-state index in [0.29, 0.717) is 0 Å². The molecule has 10 aromatic carbocycles. The first kappa shape index (κ1) is 36.6. The Balaban J connectivity index is 1.11. The summed E-state index contributed by atoms with van der Waals surface area (Å²) < 4.78 is 7.57. The lowest BCUT2D eigenvalue weighted by atomic mass is 9.90. The molecule has 1 aliphatic rings. The minimum absolute atomic E-state index is 0.368. The average Bonchev–Trinajstić information content (AvgIpc) is 3.95. The zero-order valence-electron chi connectivity index (χ0n) is 35.0. The summed E-state index contributed by atoms with van der Waals surface area (Å²) in [5.41, 5.74) is 13.2. The van der Waals surface area contributed by atoms with Crippen molar-refractivity contribution in [2.75, 3.05) is 0 Å². The average molecular weight is 861 g/mol. The van der Waals surface area contributed by atoms with Crippen molar-refractivity contribution in [3.8, 4) is 5.69 Å². The Morgan fingerprint density at radius 3 is 1.66 bits per heavy atom. The highest BCUT2D eigenvalue weighted by atomic mass is 32.1. The van der Waals surface area contributed by atoms with Crippen LogP contribution >= 0.6 is 22.7 Å². The van der Waals surface area contributed by atoms with Gasteiger partial charge in [-0.2, -0.15) is 0 Å². The van der Waals surface area contributed by atoms with Gasteiger partial charge in [-0.05, 0) is 116 Å². The lowest BCUT2D eigenvalue weighted by molar-refractivity contribution is 0.886. The fourth-order valence-corrected chi connectivity index (χ4v) is 12.6. The molecule has 0 saturated heterocycles. The zero-order valence-corrected chi connectivity index (χ0v) is 36.7. The van der Waals surface area contributed by atoms with Crippen LogP contribution in [0.3, 0.4) is 0 Å². The van der Waals surface area contributed by atoms with E-state index in [9.17, 15) is 0 Å². The Kier molecular flexibility index (Phi) is 7.93. The normalized spacial score (nSPS) is 14.5. The second-order valence-corrected chi connectivity index (χ2v) is 19.4. The molecule has 14 rings (SSSR count). The van der Waals surface area contributed by atoms with Gasteiger partial charge >= 0.3 is 0 Å². The summed E-state index contributed by atoms with van der Waals surface area (Å²) in [5.74, 6) is 0. The molecule has 1 atom stereocenters. The number of fused-ring (bicyclic) bond motifs is 12. The molecule has 0 saturated carbocycles. The SMILES string of the molecule is C=C1C(c2ccccc2)=C=CC(c2cc3c(cc2-n2c4cc5ccccc5cc4c4cc5ccccc5cc42)sc2cc4ccccc4cc23)=N[C@H]1c1ccc2sc3ccccc3c2c1. The van der Waals surface area contributed by atoms with Crippen LogP contribution in [0, 0.1) is 0 Å². The van der Waals surface area contributed by atoms with Crippen molar-refractivity contribution in [3.63, 3.8) is 0 Å². The van der Waals surface area contributed by atoms with Crippen molar-refractivity contribution < 1.29 is 0 Å². The molecule has 0 N–H and O–H groups in total. The van der Waals surface area contributed by atoms with Crippen molar-refractivity contribution >= 4 is 128 Å². The first-order chi connectivity index (χ1) is 32.1. The highest BCUT2D eigenvalue weighted by Gasteiger charge is 2.26. The molecule has 65 heavy (non-hydrogen) atoms.